The summed E-state index contributed by atoms with van der Waals surface area (Å²) in [6.07, 6.45) is 6.68. The number of likely N-dealkylation sites (N-methyl/N-ethyl adjacent to an activating group) is 1. The number of fused-ring (bicyclic) bond motifs is 1. The summed E-state index contributed by atoms with van der Waals surface area (Å²) < 4.78 is 11.2. The minimum absolute atomic E-state index is 0. The van der Waals surface area contributed by atoms with Crippen molar-refractivity contribution in [3.05, 3.63) is 53.1 Å². The molecule has 2 aromatic carbocycles. The second-order valence-corrected chi connectivity index (χ2v) is 10.2. The third-order valence-electron chi connectivity index (χ3n) is 7.88. The molecule has 1 aliphatic carbocycles. The Morgan fingerprint density at radius 1 is 1.06 bits per heavy atom. The SMILES string of the molecule is CN[C@H](C(=O)Oc1ccc(C2(C3CCCCCC3)C(=O)Nc3c2ccc(OC)c3C)cc1)C(C)C.Cl. The molecule has 1 aliphatic heterocycles. The number of hydrogen-bond acceptors (Lipinski definition) is 5. The third-order valence-corrected chi connectivity index (χ3v) is 7.88. The number of ether oxygens (including phenoxy) is 2. The zero-order valence-electron chi connectivity index (χ0n) is 22.0. The van der Waals surface area contributed by atoms with Gasteiger partial charge in [-0.3, -0.25) is 4.79 Å². The topological polar surface area (TPSA) is 76.7 Å². The molecule has 4 rings (SSSR count). The first-order valence-corrected chi connectivity index (χ1v) is 12.8. The maximum absolute atomic E-state index is 13.9. The Hall–Kier alpha value is -2.57. The molecule has 0 aromatic heterocycles. The number of methoxy groups -OCH3 is 1. The molecule has 1 fully saturated rings. The quantitative estimate of drug-likeness (QED) is 0.278. The Labute approximate surface area is 220 Å². The summed E-state index contributed by atoms with van der Waals surface area (Å²) in [4.78, 5) is 26.6. The van der Waals surface area contributed by atoms with Crippen molar-refractivity contribution in [1.29, 1.82) is 0 Å². The summed E-state index contributed by atoms with van der Waals surface area (Å²) in [5, 5.41) is 6.24. The molecule has 0 saturated heterocycles. The van der Waals surface area contributed by atoms with E-state index >= 15 is 0 Å². The molecule has 2 aromatic rings. The number of rotatable bonds is 7. The van der Waals surface area contributed by atoms with Gasteiger partial charge < -0.3 is 20.1 Å². The molecule has 2 atom stereocenters. The maximum Gasteiger partial charge on any atom is 0.328 e. The van der Waals surface area contributed by atoms with E-state index in [1.807, 2.05) is 51.1 Å². The first-order valence-electron chi connectivity index (χ1n) is 12.8. The number of nitrogens with one attached hydrogen (secondary N) is 2. The number of esters is 1. The molecule has 1 saturated carbocycles. The maximum atomic E-state index is 13.9. The number of hydrogen-bond donors (Lipinski definition) is 2. The fourth-order valence-electron chi connectivity index (χ4n) is 6.07. The van der Waals surface area contributed by atoms with Gasteiger partial charge in [0.1, 0.15) is 23.0 Å². The van der Waals surface area contributed by atoms with Crippen LogP contribution in [0.25, 0.3) is 0 Å². The van der Waals surface area contributed by atoms with Crippen LogP contribution in [0.15, 0.2) is 36.4 Å². The van der Waals surface area contributed by atoms with Gasteiger partial charge in [-0.25, -0.2) is 4.79 Å². The highest BCUT2D eigenvalue weighted by atomic mass is 35.5. The summed E-state index contributed by atoms with van der Waals surface area (Å²) in [5.74, 6) is 1.29. The van der Waals surface area contributed by atoms with Crippen molar-refractivity contribution in [2.75, 3.05) is 19.5 Å². The van der Waals surface area contributed by atoms with Gasteiger partial charge in [0.2, 0.25) is 5.91 Å². The number of carbonyl (C=O) groups excluding carboxylic acids is 2. The molecule has 2 N–H and O–H groups in total. The van der Waals surface area contributed by atoms with Crippen LogP contribution in [0.1, 0.15) is 69.1 Å². The smallest absolute Gasteiger partial charge is 0.328 e. The molecule has 1 unspecified atom stereocenters. The fourth-order valence-corrected chi connectivity index (χ4v) is 6.07. The predicted molar refractivity (Wildman–Crippen MR) is 145 cm³/mol. The molecule has 0 bridgehead atoms. The Balaban J connectivity index is 0.00000361. The number of halogens is 1. The van der Waals surface area contributed by atoms with E-state index in [0.717, 1.165) is 53.8 Å². The first-order chi connectivity index (χ1) is 16.8. The van der Waals surface area contributed by atoms with Crippen LogP contribution in [-0.4, -0.2) is 32.1 Å². The van der Waals surface area contributed by atoms with Crippen molar-refractivity contribution in [2.24, 2.45) is 11.8 Å². The van der Waals surface area contributed by atoms with Crippen LogP contribution < -0.4 is 20.1 Å². The van der Waals surface area contributed by atoms with Crippen molar-refractivity contribution < 1.29 is 19.1 Å². The molecule has 196 valence electrons. The zero-order chi connectivity index (χ0) is 25.2. The van der Waals surface area contributed by atoms with Crippen LogP contribution in [0.3, 0.4) is 0 Å². The van der Waals surface area contributed by atoms with Crippen molar-refractivity contribution in [2.45, 2.75) is 70.8 Å². The van der Waals surface area contributed by atoms with E-state index in [0.29, 0.717) is 5.75 Å². The van der Waals surface area contributed by atoms with Gasteiger partial charge in [0.15, 0.2) is 0 Å². The Bertz CT molecular complexity index is 1080. The normalized spacial score (nSPS) is 20.7. The van der Waals surface area contributed by atoms with E-state index < -0.39 is 5.41 Å². The van der Waals surface area contributed by atoms with Crippen LogP contribution in [-0.2, 0) is 15.0 Å². The van der Waals surface area contributed by atoms with Gasteiger partial charge in [-0.05, 0) is 68.0 Å². The number of carbonyl (C=O) groups is 2. The van der Waals surface area contributed by atoms with E-state index in [-0.39, 0.29) is 42.2 Å². The minimum Gasteiger partial charge on any atom is -0.496 e. The monoisotopic (exact) mass is 514 g/mol. The van der Waals surface area contributed by atoms with Crippen LogP contribution in [0, 0.1) is 18.8 Å². The summed E-state index contributed by atoms with van der Waals surface area (Å²) in [6, 6.07) is 11.2. The van der Waals surface area contributed by atoms with E-state index in [1.54, 1.807) is 14.2 Å². The molecular formula is C29H39ClN2O4. The Morgan fingerprint density at radius 3 is 2.25 bits per heavy atom. The average molecular weight is 515 g/mol. The molecule has 0 spiro atoms. The second-order valence-electron chi connectivity index (χ2n) is 10.2. The largest absolute Gasteiger partial charge is 0.496 e. The lowest BCUT2D eigenvalue weighted by Gasteiger charge is -2.36. The summed E-state index contributed by atoms with van der Waals surface area (Å²) >= 11 is 0. The van der Waals surface area contributed by atoms with E-state index in [4.69, 9.17) is 9.47 Å². The van der Waals surface area contributed by atoms with Gasteiger partial charge in [-0.15, -0.1) is 12.4 Å². The van der Waals surface area contributed by atoms with E-state index in [2.05, 4.69) is 16.7 Å². The van der Waals surface area contributed by atoms with Crippen molar-refractivity contribution in [3.63, 3.8) is 0 Å². The van der Waals surface area contributed by atoms with Crippen LogP contribution >= 0.6 is 12.4 Å². The lowest BCUT2D eigenvalue weighted by atomic mass is 9.64. The highest BCUT2D eigenvalue weighted by Gasteiger charge is 2.53. The van der Waals surface area contributed by atoms with Gasteiger partial charge >= 0.3 is 5.97 Å². The fraction of sp³-hybridized carbons (Fsp3) is 0.517. The highest BCUT2D eigenvalue weighted by Crippen LogP contribution is 2.53. The van der Waals surface area contributed by atoms with Crippen LogP contribution in [0.2, 0.25) is 0 Å². The summed E-state index contributed by atoms with van der Waals surface area (Å²) in [5.41, 5.74) is 3.01. The highest BCUT2D eigenvalue weighted by molar-refractivity contribution is 6.10. The summed E-state index contributed by atoms with van der Waals surface area (Å²) in [6.45, 7) is 5.96. The molecule has 36 heavy (non-hydrogen) atoms. The first kappa shape index (κ1) is 28.0. The molecule has 2 aliphatic rings. The second kappa shape index (κ2) is 11.7. The number of benzene rings is 2. The minimum atomic E-state index is -0.773. The van der Waals surface area contributed by atoms with E-state index in [1.165, 1.54) is 12.8 Å². The van der Waals surface area contributed by atoms with Gasteiger partial charge in [0.05, 0.1) is 12.8 Å². The Morgan fingerprint density at radius 2 is 1.69 bits per heavy atom. The predicted octanol–water partition coefficient (Wildman–Crippen LogP) is 5.78. The lowest BCUT2D eigenvalue weighted by molar-refractivity contribution is -0.137. The van der Waals surface area contributed by atoms with E-state index in [9.17, 15) is 9.59 Å². The van der Waals surface area contributed by atoms with Gasteiger partial charge in [-0.2, -0.15) is 0 Å². The third kappa shape index (κ3) is 4.85. The van der Waals surface area contributed by atoms with Crippen molar-refractivity contribution >= 4 is 30.0 Å². The van der Waals surface area contributed by atoms with Crippen molar-refractivity contribution in [1.82, 2.24) is 5.32 Å². The molecule has 1 heterocycles. The molecule has 7 heteroatoms. The van der Waals surface area contributed by atoms with Crippen molar-refractivity contribution in [3.8, 4) is 11.5 Å². The van der Waals surface area contributed by atoms with Gasteiger partial charge in [0, 0.05) is 5.56 Å². The molecule has 6 nitrogen and oxygen atoms in total. The average Bonchev–Trinajstić information content (AvgIpc) is 2.98. The van der Waals surface area contributed by atoms with Crippen LogP contribution in [0.5, 0.6) is 11.5 Å². The molecular weight excluding hydrogens is 476 g/mol. The van der Waals surface area contributed by atoms with Crippen LogP contribution in [0.4, 0.5) is 5.69 Å². The zero-order valence-corrected chi connectivity index (χ0v) is 22.8. The molecule has 1 amide bonds. The Kier molecular flexibility index (Phi) is 9.07. The summed E-state index contributed by atoms with van der Waals surface area (Å²) in [7, 11) is 3.42. The standard InChI is InChI=1S/C29H38N2O4.ClH/c1-18(2)25(30-4)27(32)35-22-14-12-21(13-15-22)29(20-10-8-6-7-9-11-20)23-16-17-24(34-5)19(3)26(23)31-28(29)33;/h12-18,20,25,30H,6-11H2,1-5H3,(H,31,33);1H/t25-,29?;/m0./s1. The van der Waals surface area contributed by atoms with Gasteiger partial charge in [0.25, 0.3) is 0 Å². The molecule has 0 radical (unpaired) electrons. The number of anilines is 1. The lowest BCUT2D eigenvalue weighted by Crippen LogP contribution is -2.43. The van der Waals surface area contributed by atoms with Gasteiger partial charge in [-0.1, -0.05) is 57.7 Å². The number of amides is 1.